The van der Waals surface area contributed by atoms with Crippen LogP contribution in [0.2, 0.25) is 0 Å². The minimum atomic E-state index is -0.981. The van der Waals surface area contributed by atoms with E-state index >= 15 is 0 Å². The van der Waals surface area contributed by atoms with Crippen molar-refractivity contribution in [1.29, 1.82) is 0 Å². The molecule has 1 heterocycles. The molecule has 0 fully saturated rings. The molecule has 2 N–H and O–H groups in total. The summed E-state index contributed by atoms with van der Waals surface area (Å²) in [5.74, 6) is -1.26. The van der Waals surface area contributed by atoms with E-state index in [-0.39, 0.29) is 11.5 Å². The lowest BCUT2D eigenvalue weighted by Gasteiger charge is -1.97. The molecule has 0 aliphatic carbocycles. The predicted molar refractivity (Wildman–Crippen MR) is 57.0 cm³/mol. The molecule has 0 atom stereocenters. The fourth-order valence-corrected chi connectivity index (χ4v) is 1.50. The van der Waals surface area contributed by atoms with Crippen LogP contribution in [0.4, 0.5) is 4.39 Å². The van der Waals surface area contributed by atoms with Crippen LogP contribution >= 0.6 is 0 Å². The molecule has 2 rings (SSSR count). The molecule has 0 amide bonds. The van der Waals surface area contributed by atoms with Crippen LogP contribution in [-0.2, 0) is 6.42 Å². The minimum absolute atomic E-state index is 0.164. The van der Waals surface area contributed by atoms with E-state index in [1.807, 2.05) is 0 Å². The highest BCUT2D eigenvalue weighted by Gasteiger charge is 2.06. The molecule has 0 bridgehead atoms. The van der Waals surface area contributed by atoms with E-state index in [0.29, 0.717) is 6.42 Å². The molecule has 0 saturated heterocycles. The molecular weight excluding hydrogens is 209 g/mol. The number of hydrogen-bond acceptors (Lipinski definition) is 1. The zero-order valence-electron chi connectivity index (χ0n) is 8.40. The van der Waals surface area contributed by atoms with Gasteiger partial charge in [0.05, 0.1) is 0 Å². The van der Waals surface area contributed by atoms with E-state index in [1.54, 1.807) is 24.4 Å². The Morgan fingerprint density at radius 1 is 1.25 bits per heavy atom. The number of nitrogens with one attached hydrogen (secondary N) is 1. The van der Waals surface area contributed by atoms with Crippen molar-refractivity contribution in [2.24, 2.45) is 0 Å². The van der Waals surface area contributed by atoms with E-state index in [1.165, 1.54) is 12.1 Å². The predicted octanol–water partition coefficient (Wildman–Crippen LogP) is 2.44. The van der Waals surface area contributed by atoms with Gasteiger partial charge in [-0.15, -0.1) is 0 Å². The molecule has 2 aromatic rings. The number of aromatic nitrogens is 1. The lowest BCUT2D eigenvalue weighted by molar-refractivity contribution is 0.0691. The number of carboxylic acids is 1. The van der Waals surface area contributed by atoms with Gasteiger partial charge < -0.3 is 10.1 Å². The molecule has 0 aliphatic rings. The van der Waals surface area contributed by atoms with Gasteiger partial charge in [-0.1, -0.05) is 12.1 Å². The highest BCUT2D eigenvalue weighted by atomic mass is 19.1. The summed E-state index contributed by atoms with van der Waals surface area (Å²) in [5, 5.41) is 8.72. The first-order valence-corrected chi connectivity index (χ1v) is 4.80. The summed E-state index contributed by atoms with van der Waals surface area (Å²) in [6, 6.07) is 7.72. The van der Waals surface area contributed by atoms with Crippen LogP contribution < -0.4 is 0 Å². The lowest BCUT2D eigenvalue weighted by Crippen LogP contribution is -1.94. The molecule has 4 heteroatoms. The SMILES string of the molecule is O=C(O)c1cc(Cc2ccc(F)cc2)c[nH]1. The molecule has 1 aromatic carbocycles. The van der Waals surface area contributed by atoms with Gasteiger partial charge in [-0.05, 0) is 35.7 Å². The van der Waals surface area contributed by atoms with Crippen LogP contribution in [0.3, 0.4) is 0 Å². The summed E-state index contributed by atoms with van der Waals surface area (Å²) in [6.07, 6.45) is 2.23. The number of rotatable bonds is 3. The van der Waals surface area contributed by atoms with Gasteiger partial charge in [-0.2, -0.15) is 0 Å². The van der Waals surface area contributed by atoms with Crippen LogP contribution in [-0.4, -0.2) is 16.1 Å². The van der Waals surface area contributed by atoms with Crippen molar-refractivity contribution in [3.63, 3.8) is 0 Å². The number of hydrogen-bond donors (Lipinski definition) is 2. The Morgan fingerprint density at radius 2 is 1.94 bits per heavy atom. The van der Waals surface area contributed by atoms with Crippen LogP contribution in [0.5, 0.6) is 0 Å². The molecule has 1 aromatic heterocycles. The average molecular weight is 219 g/mol. The largest absolute Gasteiger partial charge is 0.477 e. The molecule has 82 valence electrons. The quantitative estimate of drug-likeness (QED) is 0.833. The summed E-state index contributed by atoms with van der Waals surface area (Å²) < 4.78 is 12.7. The third-order valence-corrected chi connectivity index (χ3v) is 2.29. The molecule has 16 heavy (non-hydrogen) atoms. The van der Waals surface area contributed by atoms with Crippen LogP contribution in [0.25, 0.3) is 0 Å². The van der Waals surface area contributed by atoms with Gasteiger partial charge in [0.25, 0.3) is 0 Å². The number of carboxylic acid groups (broad SMARTS) is 1. The third-order valence-electron chi connectivity index (χ3n) is 2.29. The van der Waals surface area contributed by atoms with E-state index in [0.717, 1.165) is 11.1 Å². The summed E-state index contributed by atoms with van der Waals surface area (Å²) in [6.45, 7) is 0. The Balaban J connectivity index is 2.14. The van der Waals surface area contributed by atoms with Gasteiger partial charge in [0.15, 0.2) is 0 Å². The Bertz CT molecular complexity index is 502. The Labute approximate surface area is 91.5 Å². The molecular formula is C12H10FNO2. The van der Waals surface area contributed by atoms with Crippen molar-refractivity contribution in [2.75, 3.05) is 0 Å². The molecule has 3 nitrogen and oxygen atoms in total. The highest BCUT2D eigenvalue weighted by Crippen LogP contribution is 2.11. The zero-order chi connectivity index (χ0) is 11.5. The number of aromatic carboxylic acids is 1. The number of H-pyrrole nitrogens is 1. The second-order valence-electron chi connectivity index (χ2n) is 3.53. The molecule has 0 unspecified atom stereocenters. The molecule has 0 radical (unpaired) electrons. The van der Waals surface area contributed by atoms with Gasteiger partial charge in [-0.3, -0.25) is 0 Å². The number of benzene rings is 1. The fraction of sp³-hybridized carbons (Fsp3) is 0.0833. The zero-order valence-corrected chi connectivity index (χ0v) is 8.40. The monoisotopic (exact) mass is 219 g/mol. The van der Waals surface area contributed by atoms with E-state index in [9.17, 15) is 9.18 Å². The van der Waals surface area contributed by atoms with Crippen molar-refractivity contribution in [1.82, 2.24) is 4.98 Å². The van der Waals surface area contributed by atoms with E-state index < -0.39 is 5.97 Å². The summed E-state index contributed by atoms with van der Waals surface area (Å²) >= 11 is 0. The summed E-state index contributed by atoms with van der Waals surface area (Å²) in [4.78, 5) is 13.3. The molecule has 0 aliphatic heterocycles. The van der Waals surface area contributed by atoms with E-state index in [2.05, 4.69) is 4.98 Å². The first kappa shape index (κ1) is 10.4. The van der Waals surface area contributed by atoms with Crippen molar-refractivity contribution in [3.8, 4) is 0 Å². The van der Waals surface area contributed by atoms with E-state index in [4.69, 9.17) is 5.11 Å². The van der Waals surface area contributed by atoms with Gasteiger partial charge >= 0.3 is 5.97 Å². The van der Waals surface area contributed by atoms with Crippen LogP contribution in [0, 0.1) is 5.82 Å². The Kier molecular flexibility index (Phi) is 2.72. The van der Waals surface area contributed by atoms with Crippen molar-refractivity contribution >= 4 is 5.97 Å². The third kappa shape index (κ3) is 2.28. The summed E-state index contributed by atoms with van der Waals surface area (Å²) in [7, 11) is 0. The maximum absolute atomic E-state index is 12.7. The van der Waals surface area contributed by atoms with Gasteiger partial charge in [-0.25, -0.2) is 9.18 Å². The smallest absolute Gasteiger partial charge is 0.352 e. The van der Waals surface area contributed by atoms with Crippen molar-refractivity contribution in [2.45, 2.75) is 6.42 Å². The maximum atomic E-state index is 12.7. The van der Waals surface area contributed by atoms with Gasteiger partial charge in [0.2, 0.25) is 0 Å². The van der Waals surface area contributed by atoms with Gasteiger partial charge in [0.1, 0.15) is 11.5 Å². The van der Waals surface area contributed by atoms with Gasteiger partial charge in [0, 0.05) is 6.20 Å². The van der Waals surface area contributed by atoms with Crippen molar-refractivity contribution < 1.29 is 14.3 Å². The number of aromatic amines is 1. The average Bonchev–Trinajstić information content (AvgIpc) is 2.70. The number of carbonyl (C=O) groups is 1. The van der Waals surface area contributed by atoms with Crippen LogP contribution in [0.1, 0.15) is 21.6 Å². The highest BCUT2D eigenvalue weighted by molar-refractivity contribution is 5.85. The van der Waals surface area contributed by atoms with Crippen LogP contribution in [0.15, 0.2) is 36.5 Å². The fourth-order valence-electron chi connectivity index (χ4n) is 1.50. The standard InChI is InChI=1S/C12H10FNO2/c13-10-3-1-8(2-4-10)5-9-6-11(12(15)16)14-7-9/h1-4,6-7,14H,5H2,(H,15,16). The second kappa shape index (κ2) is 4.18. The Hall–Kier alpha value is -2.10. The molecule has 0 saturated carbocycles. The number of halogens is 1. The minimum Gasteiger partial charge on any atom is -0.477 e. The molecule has 0 spiro atoms. The maximum Gasteiger partial charge on any atom is 0.352 e. The second-order valence-corrected chi connectivity index (χ2v) is 3.53. The first-order valence-electron chi connectivity index (χ1n) is 4.80. The summed E-state index contributed by atoms with van der Waals surface area (Å²) in [5.41, 5.74) is 1.97. The normalized spacial score (nSPS) is 10.3. The lowest BCUT2D eigenvalue weighted by atomic mass is 10.1. The van der Waals surface area contributed by atoms with Crippen molar-refractivity contribution in [3.05, 3.63) is 59.2 Å². The topological polar surface area (TPSA) is 53.1 Å². The first-order chi connectivity index (χ1) is 7.65. The Morgan fingerprint density at radius 3 is 2.50 bits per heavy atom.